The third-order valence-electron chi connectivity index (χ3n) is 4.75. The zero-order valence-electron chi connectivity index (χ0n) is 18.8. The molecule has 2 heterocycles. The first-order valence-electron chi connectivity index (χ1n) is 10.5. The van der Waals surface area contributed by atoms with Gasteiger partial charge in [0.25, 0.3) is 5.91 Å². The molecule has 4 rings (SSSR count). The maximum Gasteiger partial charge on any atom is 0.281 e. The van der Waals surface area contributed by atoms with E-state index in [0.29, 0.717) is 16.6 Å². The van der Waals surface area contributed by atoms with Crippen LogP contribution in [0.3, 0.4) is 0 Å². The molecule has 0 spiro atoms. The second-order valence-corrected chi connectivity index (χ2v) is 9.30. The standard InChI is InChI=1S/C23H21FN6O3S2/c1-3-33-18-13-30(17-11-9-15(24)10-12-17)28-20(18)21(32)25-22-26-27-23(35-22)34-14-19(31)29(2)16-7-5-4-6-8-16/h4-13H,3,14H2,1-2H3,(H,25,26,32). The van der Waals surface area contributed by atoms with Gasteiger partial charge >= 0.3 is 0 Å². The predicted molar refractivity (Wildman–Crippen MR) is 133 cm³/mol. The number of carbonyl (C=O) groups excluding carboxylic acids is 2. The zero-order chi connectivity index (χ0) is 24.8. The Hall–Kier alpha value is -3.77. The fourth-order valence-electron chi connectivity index (χ4n) is 2.99. The van der Waals surface area contributed by atoms with Crippen molar-refractivity contribution in [3.8, 4) is 11.4 Å². The van der Waals surface area contributed by atoms with E-state index in [1.54, 1.807) is 37.2 Å². The van der Waals surface area contributed by atoms with Crippen molar-refractivity contribution in [1.82, 2.24) is 20.0 Å². The topological polar surface area (TPSA) is 102 Å². The number of rotatable bonds is 9. The van der Waals surface area contributed by atoms with Crippen molar-refractivity contribution in [2.24, 2.45) is 0 Å². The summed E-state index contributed by atoms with van der Waals surface area (Å²) in [7, 11) is 1.71. The number of carbonyl (C=O) groups is 2. The van der Waals surface area contributed by atoms with Crippen LogP contribution >= 0.6 is 23.1 Å². The molecule has 0 radical (unpaired) electrons. The van der Waals surface area contributed by atoms with E-state index < -0.39 is 5.91 Å². The van der Waals surface area contributed by atoms with Crippen LogP contribution in [0.1, 0.15) is 17.4 Å². The molecule has 2 amide bonds. The normalized spacial score (nSPS) is 10.7. The predicted octanol–water partition coefficient (Wildman–Crippen LogP) is 4.27. The molecular formula is C23H21FN6O3S2. The van der Waals surface area contributed by atoms with Gasteiger partial charge in [-0.3, -0.25) is 14.9 Å². The number of amides is 2. The number of benzene rings is 2. The Morgan fingerprint density at radius 3 is 2.60 bits per heavy atom. The summed E-state index contributed by atoms with van der Waals surface area (Å²) in [5.74, 6) is -0.535. The molecule has 9 nitrogen and oxygen atoms in total. The number of hydrogen-bond donors (Lipinski definition) is 1. The van der Waals surface area contributed by atoms with Gasteiger partial charge in [0.2, 0.25) is 11.0 Å². The van der Waals surface area contributed by atoms with Gasteiger partial charge in [0, 0.05) is 12.7 Å². The van der Waals surface area contributed by atoms with Crippen molar-refractivity contribution in [3.05, 3.63) is 72.3 Å². The summed E-state index contributed by atoms with van der Waals surface area (Å²) in [6.45, 7) is 2.13. The fourth-order valence-corrected chi connectivity index (χ4v) is 4.65. The van der Waals surface area contributed by atoms with Crippen LogP contribution in [0.4, 0.5) is 15.2 Å². The van der Waals surface area contributed by atoms with Crippen LogP contribution in [0.2, 0.25) is 0 Å². The van der Waals surface area contributed by atoms with Gasteiger partial charge in [-0.2, -0.15) is 5.10 Å². The summed E-state index contributed by atoms with van der Waals surface area (Å²) in [5.41, 5.74) is 1.43. The van der Waals surface area contributed by atoms with Crippen molar-refractivity contribution < 1.29 is 18.7 Å². The molecule has 0 saturated carbocycles. The van der Waals surface area contributed by atoms with E-state index >= 15 is 0 Å². The van der Waals surface area contributed by atoms with E-state index in [1.807, 2.05) is 30.3 Å². The first-order valence-corrected chi connectivity index (χ1v) is 12.3. The highest BCUT2D eigenvalue weighted by Crippen LogP contribution is 2.28. The van der Waals surface area contributed by atoms with Gasteiger partial charge in [0.1, 0.15) is 5.82 Å². The average molecular weight is 513 g/mol. The Kier molecular flexibility index (Phi) is 7.73. The summed E-state index contributed by atoms with van der Waals surface area (Å²) in [5, 5.41) is 15.3. The number of aromatic nitrogens is 4. The number of halogens is 1. The smallest absolute Gasteiger partial charge is 0.281 e. The zero-order valence-corrected chi connectivity index (χ0v) is 20.5. The number of hydrogen-bond acceptors (Lipinski definition) is 8. The van der Waals surface area contributed by atoms with Crippen LogP contribution in [-0.2, 0) is 4.79 Å². The molecule has 0 fully saturated rings. The summed E-state index contributed by atoms with van der Waals surface area (Å²) in [4.78, 5) is 26.9. The van der Waals surface area contributed by atoms with Crippen molar-refractivity contribution in [1.29, 1.82) is 0 Å². The van der Waals surface area contributed by atoms with Crippen LogP contribution in [0.15, 0.2) is 65.1 Å². The Morgan fingerprint density at radius 2 is 1.89 bits per heavy atom. The van der Waals surface area contributed by atoms with Gasteiger partial charge in [-0.15, -0.1) is 10.2 Å². The minimum absolute atomic E-state index is 0.0558. The maximum atomic E-state index is 13.2. The molecular weight excluding hydrogens is 491 g/mol. The Balaban J connectivity index is 1.40. The minimum atomic E-state index is -0.526. The summed E-state index contributed by atoms with van der Waals surface area (Å²) in [6, 6.07) is 15.0. The molecule has 0 aliphatic heterocycles. The molecule has 4 aromatic rings. The van der Waals surface area contributed by atoms with Gasteiger partial charge in [-0.05, 0) is 43.3 Å². The van der Waals surface area contributed by atoms with Crippen LogP contribution < -0.4 is 15.0 Å². The number of nitrogens with zero attached hydrogens (tertiary/aromatic N) is 5. The molecule has 0 aliphatic carbocycles. The Morgan fingerprint density at radius 1 is 1.14 bits per heavy atom. The third kappa shape index (κ3) is 6.03. The molecule has 2 aromatic carbocycles. The molecule has 0 bridgehead atoms. The number of thioether (sulfide) groups is 1. The lowest BCUT2D eigenvalue weighted by Crippen LogP contribution is -2.27. The van der Waals surface area contributed by atoms with E-state index in [4.69, 9.17) is 4.74 Å². The van der Waals surface area contributed by atoms with Gasteiger partial charge in [-0.25, -0.2) is 9.07 Å². The van der Waals surface area contributed by atoms with Gasteiger partial charge in [0.15, 0.2) is 15.8 Å². The lowest BCUT2D eigenvalue weighted by atomic mass is 10.3. The van der Waals surface area contributed by atoms with E-state index in [1.165, 1.54) is 28.6 Å². The number of anilines is 2. The molecule has 0 unspecified atom stereocenters. The summed E-state index contributed by atoms with van der Waals surface area (Å²) >= 11 is 2.39. The van der Waals surface area contributed by atoms with Crippen LogP contribution in [0, 0.1) is 5.82 Å². The number of ether oxygens (including phenoxy) is 1. The van der Waals surface area contributed by atoms with Crippen molar-refractivity contribution in [2.45, 2.75) is 11.3 Å². The molecule has 0 saturated heterocycles. The lowest BCUT2D eigenvalue weighted by molar-refractivity contribution is -0.115. The minimum Gasteiger partial charge on any atom is -0.490 e. The first kappa shape index (κ1) is 24.4. The molecule has 0 aliphatic rings. The lowest BCUT2D eigenvalue weighted by Gasteiger charge is -2.16. The first-order chi connectivity index (χ1) is 16.9. The summed E-state index contributed by atoms with van der Waals surface area (Å²) < 4.78 is 20.8. The van der Waals surface area contributed by atoms with Gasteiger partial charge in [-0.1, -0.05) is 41.3 Å². The van der Waals surface area contributed by atoms with Gasteiger partial charge in [0.05, 0.1) is 24.2 Å². The van der Waals surface area contributed by atoms with E-state index in [0.717, 1.165) is 17.0 Å². The highest BCUT2D eigenvalue weighted by molar-refractivity contribution is 8.01. The van der Waals surface area contributed by atoms with E-state index in [9.17, 15) is 14.0 Å². The number of para-hydroxylation sites is 1. The number of nitrogens with one attached hydrogen (secondary N) is 1. The van der Waals surface area contributed by atoms with Crippen LogP contribution in [0.25, 0.3) is 5.69 Å². The largest absolute Gasteiger partial charge is 0.490 e. The second kappa shape index (κ2) is 11.1. The molecule has 0 atom stereocenters. The van der Waals surface area contributed by atoms with Crippen LogP contribution in [0.5, 0.6) is 5.75 Å². The molecule has 1 N–H and O–H groups in total. The van der Waals surface area contributed by atoms with Crippen molar-refractivity contribution >= 4 is 45.7 Å². The molecule has 2 aromatic heterocycles. The quantitative estimate of drug-likeness (QED) is 0.264. The highest BCUT2D eigenvalue weighted by Gasteiger charge is 2.21. The van der Waals surface area contributed by atoms with E-state index in [2.05, 4.69) is 20.6 Å². The Labute approximate surface area is 208 Å². The molecule has 35 heavy (non-hydrogen) atoms. The van der Waals surface area contributed by atoms with Crippen molar-refractivity contribution in [2.75, 3.05) is 29.6 Å². The molecule has 12 heteroatoms. The average Bonchev–Trinajstić information content (AvgIpc) is 3.50. The Bertz CT molecular complexity index is 1310. The fraction of sp³-hybridized carbons (Fsp3) is 0.174. The monoisotopic (exact) mass is 512 g/mol. The summed E-state index contributed by atoms with van der Waals surface area (Å²) in [6.07, 6.45) is 1.56. The van der Waals surface area contributed by atoms with Gasteiger partial charge < -0.3 is 9.64 Å². The van der Waals surface area contributed by atoms with Crippen LogP contribution in [-0.4, -0.2) is 51.2 Å². The maximum absolute atomic E-state index is 13.2. The third-order valence-corrected chi connectivity index (χ3v) is 6.71. The van der Waals surface area contributed by atoms with Crippen molar-refractivity contribution in [3.63, 3.8) is 0 Å². The SMILES string of the molecule is CCOc1cn(-c2ccc(F)cc2)nc1C(=O)Nc1nnc(SCC(=O)N(C)c2ccccc2)s1. The molecule has 180 valence electrons. The highest BCUT2D eigenvalue weighted by atomic mass is 32.2. The van der Waals surface area contributed by atoms with E-state index in [-0.39, 0.29) is 34.1 Å². The second-order valence-electron chi connectivity index (χ2n) is 7.10.